The van der Waals surface area contributed by atoms with Crippen molar-refractivity contribution in [1.82, 2.24) is 5.32 Å². The molecule has 4 heteroatoms. The molecule has 1 fully saturated rings. The minimum Gasteiger partial charge on any atom is -0.469 e. The van der Waals surface area contributed by atoms with Crippen molar-refractivity contribution in [3.05, 3.63) is 0 Å². The van der Waals surface area contributed by atoms with E-state index in [4.69, 9.17) is 9.47 Å². The van der Waals surface area contributed by atoms with Gasteiger partial charge in [-0.1, -0.05) is 0 Å². The number of carbonyl (C=O) groups excluding carboxylic acids is 1. The summed E-state index contributed by atoms with van der Waals surface area (Å²) in [5.41, 5.74) is -0.462. The fraction of sp³-hybridized carbons (Fsp3) is 0.917. The Kier molecular flexibility index (Phi) is 4.74. The predicted molar refractivity (Wildman–Crippen MR) is 62.2 cm³/mol. The second-order valence-corrected chi connectivity index (χ2v) is 5.16. The zero-order chi connectivity index (χ0) is 12.2. The van der Waals surface area contributed by atoms with Crippen LogP contribution in [0.1, 0.15) is 33.6 Å². The smallest absolute Gasteiger partial charge is 0.312 e. The normalized spacial score (nSPS) is 26.5. The summed E-state index contributed by atoms with van der Waals surface area (Å²) in [4.78, 5) is 11.5. The zero-order valence-corrected chi connectivity index (χ0v) is 10.7. The van der Waals surface area contributed by atoms with Gasteiger partial charge in [0.1, 0.15) is 0 Å². The molecule has 0 radical (unpaired) electrons. The van der Waals surface area contributed by atoms with Gasteiger partial charge in [-0.05, 0) is 33.6 Å². The SMILES string of the molecule is COC(=O)C(C)(C)CNC1CCOC(C)C1. The third-order valence-electron chi connectivity index (χ3n) is 3.06. The minimum atomic E-state index is -0.462. The molecule has 1 heterocycles. The molecule has 0 amide bonds. The third kappa shape index (κ3) is 3.76. The fourth-order valence-electron chi connectivity index (χ4n) is 1.93. The van der Waals surface area contributed by atoms with Crippen molar-refractivity contribution in [3.63, 3.8) is 0 Å². The number of hydrogen-bond acceptors (Lipinski definition) is 4. The number of ether oxygens (including phenoxy) is 2. The summed E-state index contributed by atoms with van der Waals surface area (Å²) in [5.74, 6) is -0.167. The third-order valence-corrected chi connectivity index (χ3v) is 3.06. The van der Waals surface area contributed by atoms with E-state index in [0.717, 1.165) is 19.4 Å². The molecule has 1 aliphatic rings. The summed E-state index contributed by atoms with van der Waals surface area (Å²) in [6, 6.07) is 0.452. The van der Waals surface area contributed by atoms with Gasteiger partial charge in [-0.25, -0.2) is 0 Å². The van der Waals surface area contributed by atoms with Gasteiger partial charge in [-0.3, -0.25) is 4.79 Å². The van der Waals surface area contributed by atoms with Crippen molar-refractivity contribution >= 4 is 5.97 Å². The first-order valence-corrected chi connectivity index (χ1v) is 5.89. The Bertz CT molecular complexity index is 240. The summed E-state index contributed by atoms with van der Waals surface area (Å²) in [6.07, 6.45) is 2.34. The predicted octanol–water partition coefficient (Wildman–Crippen LogP) is 1.34. The Morgan fingerprint density at radius 2 is 2.25 bits per heavy atom. The average Bonchev–Trinajstić information content (AvgIpc) is 2.25. The Balaban J connectivity index is 2.35. The molecule has 2 atom stereocenters. The number of methoxy groups -OCH3 is 1. The molecular weight excluding hydrogens is 206 g/mol. The fourth-order valence-corrected chi connectivity index (χ4v) is 1.93. The molecule has 0 saturated carbocycles. The van der Waals surface area contributed by atoms with Crippen LogP contribution in [0.5, 0.6) is 0 Å². The van der Waals surface area contributed by atoms with Gasteiger partial charge in [0.15, 0.2) is 0 Å². The van der Waals surface area contributed by atoms with Crippen molar-refractivity contribution in [3.8, 4) is 0 Å². The van der Waals surface area contributed by atoms with Crippen LogP contribution in [0, 0.1) is 5.41 Å². The largest absolute Gasteiger partial charge is 0.469 e. The molecule has 0 aliphatic carbocycles. The summed E-state index contributed by atoms with van der Waals surface area (Å²) in [5, 5.41) is 3.43. The van der Waals surface area contributed by atoms with Gasteiger partial charge < -0.3 is 14.8 Å². The van der Waals surface area contributed by atoms with Crippen LogP contribution in [0.3, 0.4) is 0 Å². The number of esters is 1. The van der Waals surface area contributed by atoms with Crippen molar-refractivity contribution in [2.24, 2.45) is 5.41 Å². The lowest BCUT2D eigenvalue weighted by Crippen LogP contribution is -2.44. The number of hydrogen-bond donors (Lipinski definition) is 1. The molecule has 0 aromatic carbocycles. The van der Waals surface area contributed by atoms with E-state index in [1.807, 2.05) is 13.8 Å². The Hall–Kier alpha value is -0.610. The van der Waals surface area contributed by atoms with E-state index in [0.29, 0.717) is 18.7 Å². The van der Waals surface area contributed by atoms with Crippen LogP contribution in [0.2, 0.25) is 0 Å². The van der Waals surface area contributed by atoms with E-state index < -0.39 is 5.41 Å². The summed E-state index contributed by atoms with van der Waals surface area (Å²) in [7, 11) is 1.43. The van der Waals surface area contributed by atoms with Crippen molar-refractivity contribution in [1.29, 1.82) is 0 Å². The molecule has 1 saturated heterocycles. The molecule has 0 spiro atoms. The maximum absolute atomic E-state index is 11.5. The molecule has 1 rings (SSSR count). The maximum atomic E-state index is 11.5. The lowest BCUT2D eigenvalue weighted by molar-refractivity contribution is -0.150. The van der Waals surface area contributed by atoms with E-state index in [2.05, 4.69) is 12.2 Å². The van der Waals surface area contributed by atoms with Crippen molar-refractivity contribution in [2.45, 2.75) is 45.8 Å². The Labute approximate surface area is 97.7 Å². The van der Waals surface area contributed by atoms with Crippen molar-refractivity contribution in [2.75, 3.05) is 20.3 Å². The van der Waals surface area contributed by atoms with Gasteiger partial charge in [0.05, 0.1) is 18.6 Å². The van der Waals surface area contributed by atoms with Gasteiger partial charge in [-0.2, -0.15) is 0 Å². The summed E-state index contributed by atoms with van der Waals surface area (Å²) >= 11 is 0. The van der Waals surface area contributed by atoms with Crippen LogP contribution in [-0.4, -0.2) is 38.4 Å². The van der Waals surface area contributed by atoms with Crippen LogP contribution < -0.4 is 5.32 Å². The van der Waals surface area contributed by atoms with Crippen LogP contribution in [0.15, 0.2) is 0 Å². The van der Waals surface area contributed by atoms with Gasteiger partial charge in [0.25, 0.3) is 0 Å². The summed E-state index contributed by atoms with van der Waals surface area (Å²) < 4.78 is 10.2. The van der Waals surface area contributed by atoms with Gasteiger partial charge in [0.2, 0.25) is 0 Å². The number of carbonyl (C=O) groups is 1. The van der Waals surface area contributed by atoms with Crippen LogP contribution in [0.25, 0.3) is 0 Å². The molecule has 0 aromatic rings. The maximum Gasteiger partial charge on any atom is 0.312 e. The molecule has 4 nitrogen and oxygen atoms in total. The first-order chi connectivity index (χ1) is 7.45. The highest BCUT2D eigenvalue weighted by Crippen LogP contribution is 2.18. The van der Waals surface area contributed by atoms with E-state index in [9.17, 15) is 4.79 Å². The van der Waals surface area contributed by atoms with Crippen LogP contribution in [-0.2, 0) is 14.3 Å². The topological polar surface area (TPSA) is 47.6 Å². The molecule has 0 aromatic heterocycles. The number of rotatable bonds is 4. The quantitative estimate of drug-likeness (QED) is 0.739. The van der Waals surface area contributed by atoms with Crippen LogP contribution in [0.4, 0.5) is 0 Å². The number of nitrogens with one attached hydrogen (secondary N) is 1. The van der Waals surface area contributed by atoms with Gasteiger partial charge in [-0.15, -0.1) is 0 Å². The molecule has 16 heavy (non-hydrogen) atoms. The van der Waals surface area contributed by atoms with E-state index in [-0.39, 0.29) is 5.97 Å². The van der Waals surface area contributed by atoms with E-state index >= 15 is 0 Å². The lowest BCUT2D eigenvalue weighted by atomic mass is 9.92. The standard InChI is InChI=1S/C12H23NO3/c1-9-7-10(5-6-16-9)13-8-12(2,3)11(14)15-4/h9-10,13H,5-8H2,1-4H3. The lowest BCUT2D eigenvalue weighted by Gasteiger charge is -2.31. The van der Waals surface area contributed by atoms with Gasteiger partial charge >= 0.3 is 5.97 Å². The van der Waals surface area contributed by atoms with E-state index in [1.165, 1.54) is 7.11 Å². The molecular formula is C12H23NO3. The van der Waals surface area contributed by atoms with E-state index in [1.54, 1.807) is 0 Å². The first kappa shape index (κ1) is 13.5. The zero-order valence-electron chi connectivity index (χ0n) is 10.7. The Morgan fingerprint density at radius 3 is 2.81 bits per heavy atom. The molecule has 2 unspecified atom stereocenters. The minimum absolute atomic E-state index is 0.167. The second-order valence-electron chi connectivity index (χ2n) is 5.16. The Morgan fingerprint density at radius 1 is 1.56 bits per heavy atom. The van der Waals surface area contributed by atoms with Gasteiger partial charge in [0, 0.05) is 19.2 Å². The molecule has 0 bridgehead atoms. The first-order valence-electron chi connectivity index (χ1n) is 5.89. The second kappa shape index (κ2) is 5.64. The molecule has 1 aliphatic heterocycles. The highest BCUT2D eigenvalue weighted by molar-refractivity contribution is 5.76. The highest BCUT2D eigenvalue weighted by Gasteiger charge is 2.30. The molecule has 1 N–H and O–H groups in total. The highest BCUT2D eigenvalue weighted by atomic mass is 16.5. The monoisotopic (exact) mass is 229 g/mol. The van der Waals surface area contributed by atoms with Crippen LogP contribution >= 0.6 is 0 Å². The molecule has 94 valence electrons. The van der Waals surface area contributed by atoms with Crippen molar-refractivity contribution < 1.29 is 14.3 Å². The summed E-state index contributed by atoms with van der Waals surface area (Å²) in [6.45, 7) is 7.33. The average molecular weight is 229 g/mol.